The molecule has 0 aliphatic heterocycles. The molecule has 0 atom stereocenters. The number of esters is 1. The van der Waals surface area contributed by atoms with Gasteiger partial charge in [0.05, 0.1) is 19.0 Å². The van der Waals surface area contributed by atoms with Crippen LogP contribution in [0.1, 0.15) is 27.0 Å². The first-order valence-electron chi connectivity index (χ1n) is 9.14. The number of rotatable bonds is 3. The average molecular weight is 388 g/mol. The number of fused-ring (bicyclic) bond motifs is 2. The van der Waals surface area contributed by atoms with Gasteiger partial charge >= 0.3 is 5.97 Å². The van der Waals surface area contributed by atoms with Gasteiger partial charge in [-0.15, -0.1) is 0 Å². The van der Waals surface area contributed by atoms with Crippen LogP contribution < -0.4 is 11.0 Å². The molecule has 0 unspecified atom stereocenters. The number of carbonyl (C=O) groups is 1. The highest BCUT2D eigenvalue weighted by Gasteiger charge is 2.18. The maximum atomic E-state index is 13.2. The lowest BCUT2D eigenvalue weighted by molar-refractivity contribution is 0.0597. The Balaban J connectivity index is 2.09. The van der Waals surface area contributed by atoms with Crippen LogP contribution in [0.25, 0.3) is 16.7 Å². The van der Waals surface area contributed by atoms with Crippen molar-refractivity contribution in [2.24, 2.45) is 0 Å². The fourth-order valence-corrected chi connectivity index (χ4v) is 3.34. The van der Waals surface area contributed by atoms with Gasteiger partial charge in [0.25, 0.3) is 5.56 Å². The number of methoxy groups -OCH3 is 1. The zero-order valence-electron chi connectivity index (χ0n) is 16.4. The summed E-state index contributed by atoms with van der Waals surface area (Å²) in [5.41, 5.74) is 3.49. The van der Waals surface area contributed by atoms with Crippen LogP contribution in [0.4, 0.5) is 0 Å². The van der Waals surface area contributed by atoms with Crippen molar-refractivity contribution in [1.29, 1.82) is 5.41 Å². The highest BCUT2D eigenvalue weighted by atomic mass is 16.5. The molecule has 3 heterocycles. The van der Waals surface area contributed by atoms with Crippen molar-refractivity contribution in [3.05, 3.63) is 86.8 Å². The summed E-state index contributed by atoms with van der Waals surface area (Å²) in [5.74, 6) is -0.664. The number of pyridine rings is 2. The molecule has 4 aromatic rings. The van der Waals surface area contributed by atoms with Gasteiger partial charge < -0.3 is 9.30 Å². The van der Waals surface area contributed by atoms with Crippen molar-refractivity contribution < 1.29 is 9.53 Å². The minimum absolute atomic E-state index is 0.0265. The third-order valence-corrected chi connectivity index (χ3v) is 4.92. The molecule has 4 rings (SSSR count). The number of hydrogen-bond donors (Lipinski definition) is 1. The summed E-state index contributed by atoms with van der Waals surface area (Å²) in [6.45, 7) is 4.19. The molecule has 0 fully saturated rings. The summed E-state index contributed by atoms with van der Waals surface area (Å²) in [4.78, 5) is 30.1. The van der Waals surface area contributed by atoms with Crippen LogP contribution in [0, 0.1) is 19.3 Å². The molecule has 0 spiro atoms. The van der Waals surface area contributed by atoms with Gasteiger partial charge in [-0.25, -0.2) is 9.78 Å². The van der Waals surface area contributed by atoms with Crippen molar-refractivity contribution in [3.8, 4) is 0 Å². The van der Waals surface area contributed by atoms with E-state index < -0.39 is 5.97 Å². The third-order valence-electron chi connectivity index (χ3n) is 4.92. The van der Waals surface area contributed by atoms with Crippen molar-refractivity contribution in [2.75, 3.05) is 7.11 Å². The molecule has 7 nitrogen and oxygen atoms in total. The molecule has 7 heteroatoms. The van der Waals surface area contributed by atoms with E-state index in [0.717, 1.165) is 16.7 Å². The van der Waals surface area contributed by atoms with Crippen molar-refractivity contribution >= 4 is 22.6 Å². The van der Waals surface area contributed by atoms with Crippen molar-refractivity contribution in [1.82, 2.24) is 14.0 Å². The maximum Gasteiger partial charge on any atom is 0.341 e. The quantitative estimate of drug-likeness (QED) is 0.431. The third kappa shape index (κ3) is 3.20. The van der Waals surface area contributed by atoms with Crippen LogP contribution in [-0.2, 0) is 11.3 Å². The average Bonchev–Trinajstić information content (AvgIpc) is 2.72. The van der Waals surface area contributed by atoms with Gasteiger partial charge in [0, 0.05) is 6.20 Å². The van der Waals surface area contributed by atoms with E-state index in [2.05, 4.69) is 4.98 Å². The zero-order chi connectivity index (χ0) is 20.7. The van der Waals surface area contributed by atoms with Crippen molar-refractivity contribution in [2.45, 2.75) is 20.4 Å². The monoisotopic (exact) mass is 388 g/mol. The second kappa shape index (κ2) is 7.01. The molecule has 3 aromatic heterocycles. The topological polar surface area (TPSA) is 89.4 Å². The van der Waals surface area contributed by atoms with E-state index in [1.54, 1.807) is 16.8 Å². The van der Waals surface area contributed by atoms with E-state index in [9.17, 15) is 9.59 Å². The number of aryl methyl sites for hydroxylation is 2. The molecule has 1 aromatic carbocycles. The van der Waals surface area contributed by atoms with E-state index in [4.69, 9.17) is 10.1 Å². The first-order valence-corrected chi connectivity index (χ1v) is 9.14. The van der Waals surface area contributed by atoms with Crippen molar-refractivity contribution in [3.63, 3.8) is 0 Å². The van der Waals surface area contributed by atoms with E-state index in [0.29, 0.717) is 17.8 Å². The minimum atomic E-state index is -0.664. The van der Waals surface area contributed by atoms with E-state index in [-0.39, 0.29) is 22.0 Å². The molecule has 0 aliphatic carbocycles. The van der Waals surface area contributed by atoms with Gasteiger partial charge in [-0.2, -0.15) is 0 Å². The second-order valence-corrected chi connectivity index (χ2v) is 7.06. The first-order chi connectivity index (χ1) is 13.9. The number of nitrogens with one attached hydrogen (secondary N) is 1. The van der Waals surface area contributed by atoms with Gasteiger partial charge in [-0.05, 0) is 37.1 Å². The Morgan fingerprint density at radius 1 is 1.10 bits per heavy atom. The Labute approximate surface area is 166 Å². The Hall–Kier alpha value is -3.74. The van der Waals surface area contributed by atoms with E-state index in [1.807, 2.05) is 44.2 Å². The Morgan fingerprint density at radius 3 is 2.48 bits per heavy atom. The van der Waals surface area contributed by atoms with Gasteiger partial charge in [0.2, 0.25) is 0 Å². The molecule has 0 amide bonds. The van der Waals surface area contributed by atoms with Gasteiger partial charge in [-0.1, -0.05) is 35.9 Å². The predicted octanol–water partition coefficient (Wildman–Crippen LogP) is 2.58. The number of ether oxygens (including phenoxy) is 1. The fourth-order valence-electron chi connectivity index (χ4n) is 3.34. The summed E-state index contributed by atoms with van der Waals surface area (Å²) in [5, 5.41) is 8.84. The summed E-state index contributed by atoms with van der Waals surface area (Å²) in [6, 6.07) is 12.9. The molecular formula is C22H20N4O3. The molecule has 0 radical (unpaired) electrons. The highest BCUT2D eigenvalue weighted by molar-refractivity contribution is 5.93. The van der Waals surface area contributed by atoms with Crippen LogP contribution >= 0.6 is 0 Å². The summed E-state index contributed by atoms with van der Waals surface area (Å²) >= 11 is 0. The van der Waals surface area contributed by atoms with Crippen LogP contribution in [-0.4, -0.2) is 27.0 Å². The smallest absolute Gasteiger partial charge is 0.341 e. The van der Waals surface area contributed by atoms with E-state index in [1.165, 1.54) is 17.6 Å². The molecule has 29 heavy (non-hydrogen) atoms. The molecule has 146 valence electrons. The lowest BCUT2D eigenvalue weighted by Crippen LogP contribution is -2.31. The molecular weight excluding hydrogens is 368 g/mol. The highest BCUT2D eigenvalue weighted by Crippen LogP contribution is 2.14. The Kier molecular flexibility index (Phi) is 4.50. The second-order valence-electron chi connectivity index (χ2n) is 7.06. The maximum absolute atomic E-state index is 13.2. The standard InChI is InChI=1S/C22H20N4O3/c1-13-4-7-15(8-5-13)12-26-19(23)16(22(28)29-3)10-17-20(26)24-18-9-6-14(2)11-25(18)21(17)27/h4-11,23H,12H2,1-3H3. The summed E-state index contributed by atoms with van der Waals surface area (Å²) < 4.78 is 7.87. The van der Waals surface area contributed by atoms with Crippen LogP contribution in [0.5, 0.6) is 0 Å². The normalized spacial score (nSPS) is 11.1. The molecule has 0 saturated carbocycles. The van der Waals surface area contributed by atoms with Gasteiger partial charge in [0.15, 0.2) is 0 Å². The SMILES string of the molecule is COC(=O)c1cc2c(=O)n3cc(C)ccc3nc2n(Cc2ccc(C)cc2)c1=N. The zero-order valence-corrected chi connectivity index (χ0v) is 16.4. The molecule has 1 N–H and O–H groups in total. The van der Waals surface area contributed by atoms with Gasteiger partial charge in [-0.3, -0.25) is 14.6 Å². The van der Waals surface area contributed by atoms with E-state index >= 15 is 0 Å². The number of nitrogens with zero attached hydrogens (tertiary/aromatic N) is 3. The minimum Gasteiger partial charge on any atom is -0.465 e. The summed E-state index contributed by atoms with van der Waals surface area (Å²) in [7, 11) is 1.26. The molecule has 0 bridgehead atoms. The number of hydrogen-bond acceptors (Lipinski definition) is 5. The number of benzene rings is 1. The lowest BCUT2D eigenvalue weighted by Gasteiger charge is -2.14. The fraction of sp³-hybridized carbons (Fsp3) is 0.182. The lowest BCUT2D eigenvalue weighted by atomic mass is 10.1. The van der Waals surface area contributed by atoms with Crippen LogP contribution in [0.2, 0.25) is 0 Å². The molecule has 0 aliphatic rings. The molecule has 0 saturated heterocycles. The first kappa shape index (κ1) is 18.6. The Bertz CT molecular complexity index is 1380. The predicted molar refractivity (Wildman–Crippen MR) is 109 cm³/mol. The summed E-state index contributed by atoms with van der Waals surface area (Å²) in [6.07, 6.45) is 1.71. The van der Waals surface area contributed by atoms with Gasteiger partial charge in [0.1, 0.15) is 22.3 Å². The van der Waals surface area contributed by atoms with Crippen LogP contribution in [0.15, 0.2) is 53.5 Å². The number of carbonyl (C=O) groups excluding carboxylic acids is 1. The van der Waals surface area contributed by atoms with Crippen LogP contribution in [0.3, 0.4) is 0 Å². The number of aromatic nitrogens is 3. The Morgan fingerprint density at radius 2 is 1.79 bits per heavy atom. The largest absolute Gasteiger partial charge is 0.465 e.